The third-order valence-corrected chi connectivity index (χ3v) is 5.05. The molecule has 108 valence electrons. The molecule has 1 aromatic heterocycles. The minimum absolute atomic E-state index is 1.11. The molecular weight excluding hydrogens is 282 g/mol. The average Bonchev–Trinajstić information content (AvgIpc) is 2.89. The van der Waals surface area contributed by atoms with Crippen molar-refractivity contribution in [2.24, 2.45) is 0 Å². The normalized spacial score (nSPS) is 10.9. The van der Waals surface area contributed by atoms with Gasteiger partial charge < -0.3 is 4.57 Å². The lowest BCUT2D eigenvalue weighted by Gasteiger charge is -2.13. The minimum Gasteiger partial charge on any atom is -0.343 e. The van der Waals surface area contributed by atoms with E-state index >= 15 is 0 Å². The van der Waals surface area contributed by atoms with Crippen LogP contribution in [-0.2, 0) is 12.3 Å². The molecular formula is C17H23NS2. The van der Waals surface area contributed by atoms with E-state index in [-0.39, 0.29) is 0 Å². The largest absolute Gasteiger partial charge is 0.343 e. The molecule has 0 aliphatic carbocycles. The molecule has 0 spiro atoms. The quantitative estimate of drug-likeness (QED) is 0.621. The van der Waals surface area contributed by atoms with Gasteiger partial charge in [-0.15, -0.1) is 0 Å². The van der Waals surface area contributed by atoms with Gasteiger partial charge in [-0.25, -0.2) is 0 Å². The third kappa shape index (κ3) is 4.10. The van der Waals surface area contributed by atoms with E-state index < -0.39 is 0 Å². The summed E-state index contributed by atoms with van der Waals surface area (Å²) in [6, 6.07) is 15.3. The molecule has 1 nitrogen and oxygen atoms in total. The van der Waals surface area contributed by atoms with E-state index in [0.717, 1.165) is 12.3 Å². The lowest BCUT2D eigenvalue weighted by Crippen LogP contribution is -2.06. The number of benzene rings is 1. The Kier molecular flexibility index (Phi) is 6.61. The molecule has 0 fully saturated rings. The summed E-state index contributed by atoms with van der Waals surface area (Å²) in [4.78, 5) is 0. The number of rotatable bonds is 8. The monoisotopic (exact) mass is 305 g/mol. The van der Waals surface area contributed by atoms with Crippen LogP contribution in [0.2, 0.25) is 0 Å². The van der Waals surface area contributed by atoms with Crippen molar-refractivity contribution in [3.63, 3.8) is 0 Å². The maximum atomic E-state index is 2.50. The predicted octanol–water partition coefficient (Wildman–Crippen LogP) is 5.16. The molecule has 0 N–H and O–H groups in total. The summed E-state index contributed by atoms with van der Waals surface area (Å²) in [5.74, 6) is 4.67. The van der Waals surface area contributed by atoms with Gasteiger partial charge in [0.05, 0.1) is 0 Å². The summed E-state index contributed by atoms with van der Waals surface area (Å²) < 4.78 is 2.50. The SMILES string of the molecule is CCSCCn1c(CSCC)ccc1-c1ccccc1. The first-order chi connectivity index (χ1) is 9.86. The van der Waals surface area contributed by atoms with Crippen molar-refractivity contribution in [3.05, 3.63) is 48.2 Å². The highest BCUT2D eigenvalue weighted by atomic mass is 32.2. The predicted molar refractivity (Wildman–Crippen MR) is 94.7 cm³/mol. The number of aromatic nitrogens is 1. The maximum absolute atomic E-state index is 2.50. The molecule has 0 saturated carbocycles. The van der Waals surface area contributed by atoms with E-state index in [4.69, 9.17) is 0 Å². The fourth-order valence-electron chi connectivity index (χ4n) is 2.27. The van der Waals surface area contributed by atoms with Crippen LogP contribution in [0.1, 0.15) is 19.5 Å². The van der Waals surface area contributed by atoms with Crippen LogP contribution < -0.4 is 0 Å². The van der Waals surface area contributed by atoms with Gasteiger partial charge in [0.2, 0.25) is 0 Å². The molecule has 0 radical (unpaired) electrons. The summed E-state index contributed by atoms with van der Waals surface area (Å²) in [5, 5.41) is 0. The van der Waals surface area contributed by atoms with Crippen LogP contribution in [0.25, 0.3) is 11.3 Å². The molecule has 0 aliphatic heterocycles. The lowest BCUT2D eigenvalue weighted by molar-refractivity contribution is 0.755. The van der Waals surface area contributed by atoms with Crippen LogP contribution >= 0.6 is 23.5 Å². The molecule has 1 aromatic carbocycles. The van der Waals surface area contributed by atoms with Gasteiger partial charge in [0.1, 0.15) is 0 Å². The summed E-state index contributed by atoms with van der Waals surface area (Å²) in [5.41, 5.74) is 4.13. The van der Waals surface area contributed by atoms with Crippen LogP contribution in [-0.4, -0.2) is 21.8 Å². The second kappa shape index (κ2) is 8.48. The van der Waals surface area contributed by atoms with Gasteiger partial charge in [-0.2, -0.15) is 23.5 Å². The van der Waals surface area contributed by atoms with E-state index in [9.17, 15) is 0 Å². The number of hydrogen-bond donors (Lipinski definition) is 0. The van der Waals surface area contributed by atoms with E-state index in [1.54, 1.807) is 0 Å². The highest BCUT2D eigenvalue weighted by Gasteiger charge is 2.09. The molecule has 2 rings (SSSR count). The van der Waals surface area contributed by atoms with Gasteiger partial charge >= 0.3 is 0 Å². The highest BCUT2D eigenvalue weighted by Crippen LogP contribution is 2.25. The fourth-order valence-corrected chi connectivity index (χ4v) is 3.53. The van der Waals surface area contributed by atoms with Crippen molar-refractivity contribution in [1.82, 2.24) is 4.57 Å². The van der Waals surface area contributed by atoms with Crippen molar-refractivity contribution in [2.45, 2.75) is 26.1 Å². The Labute approximate surface area is 131 Å². The zero-order chi connectivity index (χ0) is 14.2. The summed E-state index contributed by atoms with van der Waals surface area (Å²) >= 11 is 4.01. The molecule has 2 aromatic rings. The second-order valence-corrected chi connectivity index (χ2v) is 7.23. The van der Waals surface area contributed by atoms with Crippen molar-refractivity contribution >= 4 is 23.5 Å². The average molecular weight is 306 g/mol. The fraction of sp³-hybridized carbons (Fsp3) is 0.412. The van der Waals surface area contributed by atoms with Crippen LogP contribution in [0.3, 0.4) is 0 Å². The topological polar surface area (TPSA) is 4.93 Å². The Morgan fingerprint density at radius 2 is 1.65 bits per heavy atom. The smallest absolute Gasteiger partial charge is 0.0483 e. The number of thioether (sulfide) groups is 2. The number of hydrogen-bond acceptors (Lipinski definition) is 2. The van der Waals surface area contributed by atoms with Crippen molar-refractivity contribution in [1.29, 1.82) is 0 Å². The molecule has 3 heteroatoms. The molecule has 0 saturated heterocycles. The molecule has 0 amide bonds. The Hall–Kier alpha value is -0.800. The zero-order valence-electron chi connectivity index (χ0n) is 12.3. The van der Waals surface area contributed by atoms with Gasteiger partial charge in [-0.3, -0.25) is 0 Å². The summed E-state index contributed by atoms with van der Waals surface area (Å²) in [6.45, 7) is 5.56. The first kappa shape index (κ1) is 15.6. The van der Waals surface area contributed by atoms with Gasteiger partial charge in [-0.05, 0) is 29.2 Å². The summed E-state index contributed by atoms with van der Waals surface area (Å²) in [7, 11) is 0. The lowest BCUT2D eigenvalue weighted by atomic mass is 10.1. The second-order valence-electron chi connectivity index (χ2n) is 4.56. The Bertz CT molecular complexity index is 505. The first-order valence-electron chi connectivity index (χ1n) is 7.26. The van der Waals surface area contributed by atoms with Crippen molar-refractivity contribution in [2.75, 3.05) is 17.3 Å². The van der Waals surface area contributed by atoms with E-state index in [0.29, 0.717) is 0 Å². The first-order valence-corrected chi connectivity index (χ1v) is 9.57. The maximum Gasteiger partial charge on any atom is 0.0483 e. The molecule has 0 unspecified atom stereocenters. The highest BCUT2D eigenvalue weighted by molar-refractivity contribution is 7.99. The Morgan fingerprint density at radius 1 is 0.900 bits per heavy atom. The molecule has 0 aliphatic rings. The van der Waals surface area contributed by atoms with Gasteiger partial charge in [0, 0.05) is 29.4 Å². The third-order valence-electron chi connectivity index (χ3n) is 3.26. The van der Waals surface area contributed by atoms with Crippen LogP contribution in [0.4, 0.5) is 0 Å². The van der Waals surface area contributed by atoms with Crippen LogP contribution in [0.5, 0.6) is 0 Å². The van der Waals surface area contributed by atoms with Crippen LogP contribution in [0.15, 0.2) is 42.5 Å². The van der Waals surface area contributed by atoms with E-state index in [1.165, 1.54) is 34.2 Å². The number of nitrogens with zero attached hydrogens (tertiary/aromatic N) is 1. The van der Waals surface area contributed by atoms with Gasteiger partial charge in [0.15, 0.2) is 0 Å². The van der Waals surface area contributed by atoms with E-state index in [1.807, 2.05) is 23.5 Å². The molecule has 20 heavy (non-hydrogen) atoms. The van der Waals surface area contributed by atoms with Crippen molar-refractivity contribution < 1.29 is 0 Å². The van der Waals surface area contributed by atoms with Gasteiger partial charge in [0.25, 0.3) is 0 Å². The van der Waals surface area contributed by atoms with Gasteiger partial charge in [-0.1, -0.05) is 44.2 Å². The minimum atomic E-state index is 1.11. The summed E-state index contributed by atoms with van der Waals surface area (Å²) in [6.07, 6.45) is 0. The van der Waals surface area contributed by atoms with Crippen molar-refractivity contribution in [3.8, 4) is 11.3 Å². The van der Waals surface area contributed by atoms with E-state index in [2.05, 4.69) is 60.9 Å². The molecule has 0 atom stereocenters. The molecule has 0 bridgehead atoms. The Morgan fingerprint density at radius 3 is 2.35 bits per heavy atom. The standard InChI is InChI=1S/C17H23NS2/c1-3-19-13-12-18-16(14-20-4-2)10-11-17(18)15-8-6-5-7-9-15/h5-11H,3-4,12-14H2,1-2H3. The zero-order valence-corrected chi connectivity index (χ0v) is 14.0. The Balaban J connectivity index is 2.23. The van der Waals surface area contributed by atoms with Crippen LogP contribution in [0, 0.1) is 0 Å². The molecule has 1 heterocycles.